The van der Waals surface area contributed by atoms with Gasteiger partial charge >= 0.3 is 6.09 Å². The summed E-state index contributed by atoms with van der Waals surface area (Å²) in [5, 5.41) is 13.1. The predicted octanol–water partition coefficient (Wildman–Crippen LogP) is 3.42. The summed E-state index contributed by atoms with van der Waals surface area (Å²) < 4.78 is 19.5. The zero-order valence-electron chi connectivity index (χ0n) is 16.7. The maximum atomic E-state index is 14.4. The van der Waals surface area contributed by atoms with E-state index in [1.165, 1.54) is 11.0 Å². The van der Waals surface area contributed by atoms with Gasteiger partial charge in [-0.3, -0.25) is 4.90 Å². The van der Waals surface area contributed by atoms with Crippen LogP contribution in [0.4, 0.5) is 21.0 Å². The molecule has 150 valence electrons. The van der Waals surface area contributed by atoms with Crippen LogP contribution in [-0.4, -0.2) is 39.9 Å². The molecule has 1 aliphatic rings. The van der Waals surface area contributed by atoms with E-state index in [9.17, 15) is 14.3 Å². The Morgan fingerprint density at radius 3 is 2.61 bits per heavy atom. The summed E-state index contributed by atoms with van der Waals surface area (Å²) >= 11 is 0. The van der Waals surface area contributed by atoms with E-state index in [-0.39, 0.29) is 24.4 Å². The molecule has 8 heteroatoms. The van der Waals surface area contributed by atoms with Gasteiger partial charge in [-0.25, -0.2) is 14.2 Å². The summed E-state index contributed by atoms with van der Waals surface area (Å²) in [5.74, 6) is 0.321. The van der Waals surface area contributed by atoms with E-state index in [2.05, 4.69) is 15.3 Å². The fraction of sp³-hybridized carbons (Fsp3) is 0.450. The number of anilines is 2. The lowest BCUT2D eigenvalue weighted by molar-refractivity contribution is 0.142. The van der Waals surface area contributed by atoms with Gasteiger partial charge in [-0.15, -0.1) is 0 Å². The van der Waals surface area contributed by atoms with E-state index >= 15 is 0 Å². The minimum atomic E-state index is -0.777. The lowest BCUT2D eigenvalue weighted by Crippen LogP contribution is -2.41. The average molecular weight is 388 g/mol. The lowest BCUT2D eigenvalue weighted by atomic mass is 10.0. The summed E-state index contributed by atoms with van der Waals surface area (Å²) in [5.41, 5.74) is 3.06. The molecule has 3 atom stereocenters. The first kappa shape index (κ1) is 20.0. The summed E-state index contributed by atoms with van der Waals surface area (Å²) in [7, 11) is 0. The van der Waals surface area contributed by atoms with E-state index in [0.717, 1.165) is 11.1 Å². The molecule has 0 saturated carbocycles. The molecule has 1 amide bonds. The SMILES string of the molecule is Cc1cc(F)c(C(C)Nc2ncc(C)c(N3C(=O)OCC3C(C)O)n2)cc1C. The lowest BCUT2D eigenvalue weighted by Gasteiger charge is -2.24. The second-order valence-electron chi connectivity index (χ2n) is 7.28. The third-order valence-corrected chi connectivity index (χ3v) is 5.06. The number of benzene rings is 1. The molecule has 7 nitrogen and oxygen atoms in total. The Morgan fingerprint density at radius 2 is 1.93 bits per heavy atom. The molecule has 0 bridgehead atoms. The van der Waals surface area contributed by atoms with Crippen molar-refractivity contribution in [1.82, 2.24) is 9.97 Å². The normalized spacial score (nSPS) is 18.8. The predicted molar refractivity (Wildman–Crippen MR) is 104 cm³/mol. The van der Waals surface area contributed by atoms with Crippen molar-refractivity contribution in [2.45, 2.75) is 52.8 Å². The number of amides is 1. The molecule has 28 heavy (non-hydrogen) atoms. The Bertz CT molecular complexity index is 903. The monoisotopic (exact) mass is 388 g/mol. The zero-order valence-corrected chi connectivity index (χ0v) is 16.7. The van der Waals surface area contributed by atoms with E-state index < -0.39 is 18.2 Å². The molecule has 2 N–H and O–H groups in total. The Balaban J connectivity index is 1.90. The Labute approximate surface area is 163 Å². The topological polar surface area (TPSA) is 87.6 Å². The van der Waals surface area contributed by atoms with Gasteiger partial charge in [-0.2, -0.15) is 4.98 Å². The molecule has 3 rings (SSSR count). The highest BCUT2D eigenvalue weighted by Crippen LogP contribution is 2.28. The van der Waals surface area contributed by atoms with Crippen LogP contribution in [0, 0.1) is 26.6 Å². The Morgan fingerprint density at radius 1 is 1.25 bits per heavy atom. The molecule has 2 aromatic rings. The van der Waals surface area contributed by atoms with Crippen LogP contribution in [0.15, 0.2) is 18.3 Å². The second kappa shape index (κ2) is 7.71. The number of aryl methyl sites for hydroxylation is 3. The van der Waals surface area contributed by atoms with Crippen LogP contribution in [0.5, 0.6) is 0 Å². The minimum Gasteiger partial charge on any atom is -0.447 e. The van der Waals surface area contributed by atoms with Gasteiger partial charge in [0.05, 0.1) is 12.1 Å². The third-order valence-electron chi connectivity index (χ3n) is 5.06. The van der Waals surface area contributed by atoms with Crippen LogP contribution < -0.4 is 10.2 Å². The zero-order chi connectivity index (χ0) is 20.6. The molecule has 0 aliphatic carbocycles. The number of aliphatic hydroxyl groups is 1. The number of aliphatic hydroxyl groups excluding tert-OH is 1. The molecule has 1 saturated heterocycles. The van der Waals surface area contributed by atoms with Crippen molar-refractivity contribution in [2.75, 3.05) is 16.8 Å². The first-order valence-electron chi connectivity index (χ1n) is 9.20. The van der Waals surface area contributed by atoms with Crippen molar-refractivity contribution in [1.29, 1.82) is 0 Å². The van der Waals surface area contributed by atoms with Gasteiger partial charge in [-0.05, 0) is 51.8 Å². The van der Waals surface area contributed by atoms with Crippen molar-refractivity contribution in [2.24, 2.45) is 0 Å². The molecule has 1 aromatic heterocycles. The van der Waals surface area contributed by atoms with Gasteiger partial charge in [0.15, 0.2) is 0 Å². The molecule has 1 fully saturated rings. The van der Waals surface area contributed by atoms with Crippen LogP contribution in [0.3, 0.4) is 0 Å². The van der Waals surface area contributed by atoms with Crippen LogP contribution in [0.2, 0.25) is 0 Å². The summed E-state index contributed by atoms with van der Waals surface area (Å²) in [6.07, 6.45) is 0.242. The molecular weight excluding hydrogens is 363 g/mol. The molecule has 0 radical (unpaired) electrons. The number of cyclic esters (lactones) is 1. The first-order chi connectivity index (χ1) is 13.2. The molecule has 1 aromatic carbocycles. The standard InChI is InChI=1S/C20H25FN4O3/c1-10-6-15(16(21)7-11(10)2)13(4)23-19-22-8-12(3)18(24-19)25-17(14(5)26)9-28-20(25)27/h6-8,13-14,17,26H,9H2,1-5H3,(H,22,23,24). The summed E-state index contributed by atoms with van der Waals surface area (Å²) in [4.78, 5) is 22.2. The van der Waals surface area contributed by atoms with Crippen molar-refractivity contribution < 1.29 is 19.0 Å². The van der Waals surface area contributed by atoms with Crippen LogP contribution in [-0.2, 0) is 4.74 Å². The number of hydrogen-bond acceptors (Lipinski definition) is 6. The maximum Gasteiger partial charge on any atom is 0.416 e. The number of carbonyl (C=O) groups is 1. The Kier molecular flexibility index (Phi) is 5.51. The highest BCUT2D eigenvalue weighted by Gasteiger charge is 2.39. The number of aromatic nitrogens is 2. The summed E-state index contributed by atoms with van der Waals surface area (Å²) in [6, 6.07) is 2.41. The van der Waals surface area contributed by atoms with Gasteiger partial charge < -0.3 is 15.2 Å². The molecule has 2 heterocycles. The third kappa shape index (κ3) is 3.77. The molecule has 3 unspecified atom stereocenters. The average Bonchev–Trinajstić information content (AvgIpc) is 3.01. The van der Waals surface area contributed by atoms with Gasteiger partial charge in [0.2, 0.25) is 5.95 Å². The van der Waals surface area contributed by atoms with Gasteiger partial charge in [0.25, 0.3) is 0 Å². The second-order valence-corrected chi connectivity index (χ2v) is 7.28. The van der Waals surface area contributed by atoms with E-state index in [1.54, 1.807) is 26.1 Å². The highest BCUT2D eigenvalue weighted by molar-refractivity contribution is 5.90. The minimum absolute atomic E-state index is 0.0902. The number of carbonyl (C=O) groups excluding carboxylic acids is 1. The number of rotatable bonds is 5. The van der Waals surface area contributed by atoms with Crippen molar-refractivity contribution >= 4 is 17.9 Å². The largest absolute Gasteiger partial charge is 0.447 e. The van der Waals surface area contributed by atoms with Gasteiger partial charge in [0, 0.05) is 17.3 Å². The first-order valence-corrected chi connectivity index (χ1v) is 9.20. The number of hydrogen-bond donors (Lipinski definition) is 2. The van der Waals surface area contributed by atoms with Gasteiger partial charge in [-0.1, -0.05) is 6.07 Å². The number of ether oxygens (including phenoxy) is 1. The number of nitrogens with one attached hydrogen (secondary N) is 1. The van der Waals surface area contributed by atoms with Crippen molar-refractivity contribution in [3.05, 3.63) is 46.4 Å². The fourth-order valence-electron chi connectivity index (χ4n) is 3.19. The molecular formula is C20H25FN4O3. The Hall–Kier alpha value is -2.74. The molecule has 0 spiro atoms. The fourth-order valence-corrected chi connectivity index (χ4v) is 3.19. The van der Waals surface area contributed by atoms with Crippen LogP contribution >= 0.6 is 0 Å². The van der Waals surface area contributed by atoms with Crippen molar-refractivity contribution in [3.8, 4) is 0 Å². The van der Waals surface area contributed by atoms with E-state index in [1.807, 2.05) is 20.8 Å². The highest BCUT2D eigenvalue weighted by atomic mass is 19.1. The van der Waals surface area contributed by atoms with E-state index in [4.69, 9.17) is 4.74 Å². The van der Waals surface area contributed by atoms with Crippen LogP contribution in [0.1, 0.15) is 42.1 Å². The summed E-state index contributed by atoms with van der Waals surface area (Å²) in [6.45, 7) is 9.08. The molecule has 1 aliphatic heterocycles. The quantitative estimate of drug-likeness (QED) is 0.816. The van der Waals surface area contributed by atoms with Gasteiger partial charge in [0.1, 0.15) is 24.3 Å². The van der Waals surface area contributed by atoms with Crippen LogP contribution in [0.25, 0.3) is 0 Å². The smallest absolute Gasteiger partial charge is 0.416 e. The van der Waals surface area contributed by atoms with Crippen molar-refractivity contribution in [3.63, 3.8) is 0 Å². The number of nitrogens with zero attached hydrogens (tertiary/aromatic N) is 3. The maximum absolute atomic E-state index is 14.4. The van der Waals surface area contributed by atoms with E-state index in [0.29, 0.717) is 16.9 Å². The number of halogens is 1.